The Labute approximate surface area is 123 Å². The van der Waals surface area contributed by atoms with E-state index >= 15 is 0 Å². The first kappa shape index (κ1) is 13.0. The van der Waals surface area contributed by atoms with Gasteiger partial charge in [0.2, 0.25) is 0 Å². The van der Waals surface area contributed by atoms with E-state index in [1.807, 2.05) is 38.1 Å². The molecule has 1 aliphatic rings. The summed E-state index contributed by atoms with van der Waals surface area (Å²) in [6, 6.07) is 12.1. The van der Waals surface area contributed by atoms with E-state index in [1.165, 1.54) is 0 Å². The average Bonchev–Trinajstić information content (AvgIpc) is 3.08. The van der Waals surface area contributed by atoms with Crippen LogP contribution in [0.3, 0.4) is 0 Å². The second-order valence-corrected chi connectivity index (χ2v) is 5.84. The van der Waals surface area contributed by atoms with Crippen molar-refractivity contribution in [3.05, 3.63) is 68.7 Å². The van der Waals surface area contributed by atoms with E-state index in [2.05, 4.69) is 12.1 Å². The van der Waals surface area contributed by atoms with Crippen LogP contribution < -0.4 is 0 Å². The molecule has 0 bridgehead atoms. The van der Waals surface area contributed by atoms with Gasteiger partial charge in [-0.3, -0.25) is 0 Å². The molecule has 1 nitrogen and oxygen atoms in total. The summed E-state index contributed by atoms with van der Waals surface area (Å²) < 4.78 is 5.76. The Hall–Kier alpha value is -1.02. The molecule has 98 valence electrons. The van der Waals surface area contributed by atoms with Gasteiger partial charge in [0.25, 0.3) is 0 Å². The van der Waals surface area contributed by atoms with Crippen LogP contribution in [0.2, 0.25) is 10.0 Å². The molecule has 3 heteroatoms. The van der Waals surface area contributed by atoms with Gasteiger partial charge in [0.1, 0.15) is 12.2 Å². The monoisotopic (exact) mass is 292 g/mol. The van der Waals surface area contributed by atoms with Crippen molar-refractivity contribution in [1.29, 1.82) is 0 Å². The van der Waals surface area contributed by atoms with Crippen LogP contribution in [0.15, 0.2) is 36.4 Å². The molecule has 0 unspecified atom stereocenters. The molecule has 1 aliphatic heterocycles. The fourth-order valence-electron chi connectivity index (χ4n) is 2.31. The van der Waals surface area contributed by atoms with E-state index in [9.17, 15) is 0 Å². The van der Waals surface area contributed by atoms with Crippen LogP contribution in [0.1, 0.15) is 34.5 Å². The van der Waals surface area contributed by atoms with Crippen molar-refractivity contribution >= 4 is 23.2 Å². The molecule has 0 aromatic heterocycles. The maximum atomic E-state index is 6.27. The van der Waals surface area contributed by atoms with Crippen molar-refractivity contribution in [1.82, 2.24) is 0 Å². The van der Waals surface area contributed by atoms with Gasteiger partial charge in [-0.2, -0.15) is 0 Å². The fourth-order valence-corrected chi connectivity index (χ4v) is 3.00. The number of hydrogen-bond acceptors (Lipinski definition) is 1. The third kappa shape index (κ3) is 2.51. The van der Waals surface area contributed by atoms with Crippen LogP contribution in [0.25, 0.3) is 0 Å². The molecule has 19 heavy (non-hydrogen) atoms. The van der Waals surface area contributed by atoms with Gasteiger partial charge >= 0.3 is 0 Å². The van der Waals surface area contributed by atoms with E-state index in [4.69, 9.17) is 27.9 Å². The minimum Gasteiger partial charge on any atom is -0.359 e. The molecule has 0 amide bonds. The standard InChI is InChI=1S/C16H14Cl2O/c1-9-3-5-11(13(17)7-9)15-16(19-15)12-6-4-10(2)8-14(12)18/h3-8,15-16H,1-2H3/t15-,16-/m0/s1. The Kier molecular flexibility index (Phi) is 3.30. The quantitative estimate of drug-likeness (QED) is 0.673. The lowest BCUT2D eigenvalue weighted by Gasteiger charge is -2.04. The molecular weight excluding hydrogens is 279 g/mol. The van der Waals surface area contributed by atoms with E-state index in [0.29, 0.717) is 0 Å². The third-order valence-electron chi connectivity index (χ3n) is 3.42. The summed E-state index contributed by atoms with van der Waals surface area (Å²) in [5, 5.41) is 1.52. The maximum absolute atomic E-state index is 6.27. The zero-order valence-electron chi connectivity index (χ0n) is 10.8. The first-order chi connectivity index (χ1) is 9.06. The number of hydrogen-bond donors (Lipinski definition) is 0. The number of halogens is 2. The van der Waals surface area contributed by atoms with Crippen molar-refractivity contribution in [3.63, 3.8) is 0 Å². The molecule has 1 fully saturated rings. The highest BCUT2D eigenvalue weighted by molar-refractivity contribution is 6.32. The molecule has 2 atom stereocenters. The molecule has 0 aliphatic carbocycles. The van der Waals surface area contributed by atoms with Gasteiger partial charge in [-0.1, -0.05) is 47.5 Å². The van der Waals surface area contributed by atoms with Gasteiger partial charge in [-0.25, -0.2) is 0 Å². The summed E-state index contributed by atoms with van der Waals surface area (Å²) in [7, 11) is 0. The third-order valence-corrected chi connectivity index (χ3v) is 4.07. The molecule has 0 saturated carbocycles. The maximum Gasteiger partial charge on any atom is 0.115 e. The van der Waals surface area contributed by atoms with Crippen LogP contribution in [-0.2, 0) is 4.74 Å². The molecular formula is C16H14Cl2O. The molecule has 3 rings (SSSR count). The predicted molar refractivity (Wildman–Crippen MR) is 78.9 cm³/mol. The highest BCUT2D eigenvalue weighted by Gasteiger charge is 2.43. The second-order valence-electron chi connectivity index (χ2n) is 5.03. The average molecular weight is 293 g/mol. The lowest BCUT2D eigenvalue weighted by atomic mass is 10.0. The highest BCUT2D eigenvalue weighted by atomic mass is 35.5. The van der Waals surface area contributed by atoms with Crippen LogP contribution in [0, 0.1) is 13.8 Å². The summed E-state index contributed by atoms with van der Waals surface area (Å²) in [6.07, 6.45) is 0.0432. The van der Waals surface area contributed by atoms with Gasteiger partial charge in [0.05, 0.1) is 0 Å². The molecule has 0 spiro atoms. The van der Waals surface area contributed by atoms with Crippen LogP contribution in [0.4, 0.5) is 0 Å². The lowest BCUT2D eigenvalue weighted by Crippen LogP contribution is -1.88. The first-order valence-corrected chi connectivity index (χ1v) is 6.99. The molecule has 1 saturated heterocycles. The Morgan fingerprint density at radius 2 is 1.21 bits per heavy atom. The van der Waals surface area contributed by atoms with Crippen LogP contribution in [0.5, 0.6) is 0 Å². The smallest absolute Gasteiger partial charge is 0.115 e. The SMILES string of the molecule is Cc1ccc([C@@H]2O[C@H]2c2ccc(C)cc2Cl)c(Cl)c1. The van der Waals surface area contributed by atoms with Gasteiger partial charge in [-0.15, -0.1) is 0 Å². The molecule has 0 N–H and O–H groups in total. The highest BCUT2D eigenvalue weighted by Crippen LogP contribution is 2.54. The summed E-state index contributed by atoms with van der Waals surface area (Å²) in [4.78, 5) is 0. The largest absolute Gasteiger partial charge is 0.359 e. The number of epoxide rings is 1. The Morgan fingerprint density at radius 1 is 0.789 bits per heavy atom. The summed E-state index contributed by atoms with van der Waals surface area (Å²) in [5.74, 6) is 0. The second kappa shape index (κ2) is 4.82. The number of rotatable bonds is 2. The van der Waals surface area contributed by atoms with Gasteiger partial charge in [-0.05, 0) is 37.1 Å². The number of ether oxygens (including phenoxy) is 1. The van der Waals surface area contributed by atoms with E-state index < -0.39 is 0 Å². The predicted octanol–water partition coefficient (Wildman–Crippen LogP) is 5.42. The van der Waals surface area contributed by atoms with Crippen molar-refractivity contribution in [2.45, 2.75) is 26.1 Å². The molecule has 2 aromatic rings. The summed E-state index contributed by atoms with van der Waals surface area (Å²) >= 11 is 12.5. The minimum atomic E-state index is 0.0216. The van der Waals surface area contributed by atoms with Crippen molar-refractivity contribution < 1.29 is 4.74 Å². The Bertz CT molecular complexity index is 581. The summed E-state index contributed by atoms with van der Waals surface area (Å²) in [5.41, 5.74) is 4.38. The Balaban J connectivity index is 1.88. The lowest BCUT2D eigenvalue weighted by molar-refractivity contribution is 0.378. The van der Waals surface area contributed by atoms with E-state index in [0.717, 1.165) is 32.3 Å². The van der Waals surface area contributed by atoms with Crippen LogP contribution >= 0.6 is 23.2 Å². The number of aryl methyl sites for hydroxylation is 2. The topological polar surface area (TPSA) is 12.5 Å². The van der Waals surface area contributed by atoms with E-state index in [-0.39, 0.29) is 12.2 Å². The summed E-state index contributed by atoms with van der Waals surface area (Å²) in [6.45, 7) is 4.05. The molecule has 2 aromatic carbocycles. The van der Waals surface area contributed by atoms with Gasteiger partial charge in [0.15, 0.2) is 0 Å². The van der Waals surface area contributed by atoms with Gasteiger partial charge < -0.3 is 4.74 Å². The normalized spacial score (nSPS) is 21.5. The van der Waals surface area contributed by atoms with Crippen molar-refractivity contribution in [3.8, 4) is 0 Å². The van der Waals surface area contributed by atoms with Gasteiger partial charge in [0, 0.05) is 21.2 Å². The molecule has 1 heterocycles. The Morgan fingerprint density at radius 3 is 1.58 bits per heavy atom. The van der Waals surface area contributed by atoms with Crippen LogP contribution in [-0.4, -0.2) is 0 Å². The fraction of sp³-hybridized carbons (Fsp3) is 0.250. The zero-order valence-corrected chi connectivity index (χ0v) is 12.3. The zero-order chi connectivity index (χ0) is 13.6. The number of benzene rings is 2. The first-order valence-electron chi connectivity index (χ1n) is 6.24. The minimum absolute atomic E-state index is 0.0216. The van der Waals surface area contributed by atoms with Crippen molar-refractivity contribution in [2.75, 3.05) is 0 Å². The van der Waals surface area contributed by atoms with Crippen molar-refractivity contribution in [2.24, 2.45) is 0 Å². The van der Waals surface area contributed by atoms with E-state index in [1.54, 1.807) is 0 Å². The molecule has 0 radical (unpaired) electrons.